The van der Waals surface area contributed by atoms with Crippen molar-refractivity contribution in [1.29, 1.82) is 0 Å². The van der Waals surface area contributed by atoms with Crippen LogP contribution >= 0.6 is 11.8 Å². The number of rotatable bonds is 4. The Kier molecular flexibility index (Phi) is 4.31. The van der Waals surface area contributed by atoms with Crippen LogP contribution in [0.2, 0.25) is 0 Å². The first-order valence-electron chi connectivity index (χ1n) is 8.86. The molecule has 0 aromatic heterocycles. The van der Waals surface area contributed by atoms with Gasteiger partial charge in [0.15, 0.2) is 0 Å². The molecule has 1 N–H and O–H groups in total. The standard InChI is InChI=1S/C19H31NS/c1-6-14-12(3)19(5,13(4)20-7-2)18-17(14)15-10-8-9-11-16(15)21-18/h8,10,12-16,20H,6-7,9,11H2,1-5H3/t12-,13+,14?,15?,16?,19+/m0/s1. The molecule has 0 fully saturated rings. The van der Waals surface area contributed by atoms with Crippen LogP contribution in [0, 0.1) is 23.2 Å². The first kappa shape index (κ1) is 15.7. The number of fused-ring (bicyclic) bond motifs is 2. The molecule has 21 heavy (non-hydrogen) atoms. The molecule has 6 atom stereocenters. The molecular weight excluding hydrogens is 274 g/mol. The Bertz CT molecular complexity index is 466. The monoisotopic (exact) mass is 305 g/mol. The van der Waals surface area contributed by atoms with Gasteiger partial charge in [-0.15, -0.1) is 11.8 Å². The SMILES string of the molecule is CCN[C@H](C)[C@]1(C)C2=C(C3C=CCCC3S2)C(CC)[C@@H]1C. The summed E-state index contributed by atoms with van der Waals surface area (Å²) in [6, 6.07) is 0.565. The smallest absolute Gasteiger partial charge is 0.0195 e. The van der Waals surface area contributed by atoms with E-state index in [0.717, 1.165) is 29.5 Å². The fourth-order valence-corrected chi connectivity index (χ4v) is 7.02. The van der Waals surface area contributed by atoms with Crippen molar-refractivity contribution in [3.63, 3.8) is 0 Å². The largest absolute Gasteiger partial charge is 0.314 e. The van der Waals surface area contributed by atoms with E-state index in [0.29, 0.717) is 11.5 Å². The maximum atomic E-state index is 3.73. The molecule has 0 spiro atoms. The summed E-state index contributed by atoms with van der Waals surface area (Å²) >= 11 is 2.24. The summed E-state index contributed by atoms with van der Waals surface area (Å²) in [7, 11) is 0. The van der Waals surface area contributed by atoms with Gasteiger partial charge in [-0.05, 0) is 55.0 Å². The molecule has 3 unspecified atom stereocenters. The molecule has 0 saturated heterocycles. The number of nitrogens with one attached hydrogen (secondary N) is 1. The predicted octanol–water partition coefficient (Wildman–Crippen LogP) is 5.00. The average molecular weight is 306 g/mol. The van der Waals surface area contributed by atoms with Crippen molar-refractivity contribution >= 4 is 11.8 Å². The average Bonchev–Trinajstić information content (AvgIpc) is 2.96. The lowest BCUT2D eigenvalue weighted by atomic mass is 9.71. The van der Waals surface area contributed by atoms with Crippen molar-refractivity contribution in [1.82, 2.24) is 5.32 Å². The van der Waals surface area contributed by atoms with Crippen LogP contribution in [0.15, 0.2) is 22.6 Å². The Labute approximate surface area is 135 Å². The molecule has 1 heterocycles. The lowest BCUT2D eigenvalue weighted by Crippen LogP contribution is -2.45. The van der Waals surface area contributed by atoms with Crippen molar-refractivity contribution in [2.24, 2.45) is 23.2 Å². The second-order valence-electron chi connectivity index (χ2n) is 7.34. The summed E-state index contributed by atoms with van der Waals surface area (Å²) in [5.74, 6) is 2.28. The van der Waals surface area contributed by atoms with Crippen molar-refractivity contribution in [3.05, 3.63) is 22.6 Å². The fourth-order valence-electron chi connectivity index (χ4n) is 5.04. The Morgan fingerprint density at radius 1 is 1.43 bits per heavy atom. The fraction of sp³-hybridized carbons (Fsp3) is 0.789. The van der Waals surface area contributed by atoms with E-state index in [1.807, 2.05) is 5.57 Å². The highest BCUT2D eigenvalue weighted by Gasteiger charge is 2.56. The normalized spacial score (nSPS) is 43.1. The molecule has 0 bridgehead atoms. The zero-order chi connectivity index (χ0) is 15.2. The van der Waals surface area contributed by atoms with Crippen molar-refractivity contribution < 1.29 is 0 Å². The second-order valence-corrected chi connectivity index (χ2v) is 8.59. The van der Waals surface area contributed by atoms with Crippen LogP contribution in [0.25, 0.3) is 0 Å². The molecule has 3 aliphatic rings. The predicted molar refractivity (Wildman–Crippen MR) is 94.5 cm³/mol. The van der Waals surface area contributed by atoms with Crippen LogP contribution in [-0.4, -0.2) is 17.8 Å². The molecular formula is C19H31NS. The van der Waals surface area contributed by atoms with Gasteiger partial charge in [-0.2, -0.15) is 0 Å². The summed E-state index contributed by atoms with van der Waals surface area (Å²) < 4.78 is 0. The van der Waals surface area contributed by atoms with Gasteiger partial charge in [-0.25, -0.2) is 0 Å². The summed E-state index contributed by atoms with van der Waals surface area (Å²) in [5.41, 5.74) is 2.14. The Morgan fingerprint density at radius 3 is 2.86 bits per heavy atom. The van der Waals surface area contributed by atoms with Gasteiger partial charge in [0.2, 0.25) is 0 Å². The minimum atomic E-state index is 0.321. The van der Waals surface area contributed by atoms with Gasteiger partial charge in [0.05, 0.1) is 0 Å². The third-order valence-electron chi connectivity index (χ3n) is 6.54. The van der Waals surface area contributed by atoms with Crippen molar-refractivity contribution in [2.75, 3.05) is 6.54 Å². The molecule has 1 aliphatic heterocycles. The third kappa shape index (κ3) is 2.16. The summed E-state index contributed by atoms with van der Waals surface area (Å²) in [5, 5.41) is 4.56. The molecule has 0 radical (unpaired) electrons. The van der Waals surface area contributed by atoms with E-state index in [1.165, 1.54) is 19.3 Å². The van der Waals surface area contributed by atoms with Crippen molar-refractivity contribution in [2.45, 2.75) is 65.2 Å². The third-order valence-corrected chi connectivity index (χ3v) is 8.28. The zero-order valence-corrected chi connectivity index (χ0v) is 15.1. The zero-order valence-electron chi connectivity index (χ0n) is 14.3. The minimum Gasteiger partial charge on any atom is -0.314 e. The highest BCUT2D eigenvalue weighted by Crippen LogP contribution is 2.65. The molecule has 2 heteroatoms. The van der Waals surface area contributed by atoms with E-state index in [4.69, 9.17) is 0 Å². The molecule has 0 aromatic carbocycles. The van der Waals surface area contributed by atoms with E-state index >= 15 is 0 Å². The molecule has 3 rings (SSSR count). The molecule has 0 amide bonds. The molecule has 0 aromatic rings. The van der Waals surface area contributed by atoms with Gasteiger partial charge in [0.25, 0.3) is 0 Å². The summed E-state index contributed by atoms with van der Waals surface area (Å²) in [6.07, 6.45) is 8.91. The first-order valence-corrected chi connectivity index (χ1v) is 9.74. The van der Waals surface area contributed by atoms with Gasteiger partial charge in [-0.1, -0.05) is 39.8 Å². The topological polar surface area (TPSA) is 12.0 Å². The van der Waals surface area contributed by atoms with Crippen molar-refractivity contribution in [3.8, 4) is 0 Å². The molecule has 1 nitrogen and oxygen atoms in total. The second kappa shape index (κ2) is 5.77. The molecule has 0 saturated carbocycles. The van der Waals surface area contributed by atoms with Crippen LogP contribution in [-0.2, 0) is 0 Å². The van der Waals surface area contributed by atoms with Crippen LogP contribution in [0.5, 0.6) is 0 Å². The van der Waals surface area contributed by atoms with Gasteiger partial charge in [0.1, 0.15) is 0 Å². The Hall–Kier alpha value is -0.210. The van der Waals surface area contributed by atoms with Gasteiger partial charge >= 0.3 is 0 Å². The van der Waals surface area contributed by atoms with E-state index in [9.17, 15) is 0 Å². The summed E-state index contributed by atoms with van der Waals surface area (Å²) in [6.45, 7) is 13.1. The van der Waals surface area contributed by atoms with E-state index in [-0.39, 0.29) is 0 Å². The Morgan fingerprint density at radius 2 is 2.19 bits per heavy atom. The number of allylic oxidation sites excluding steroid dienone is 3. The lowest BCUT2D eigenvalue weighted by molar-refractivity contribution is 0.175. The molecule has 118 valence electrons. The van der Waals surface area contributed by atoms with Crippen LogP contribution in [0.3, 0.4) is 0 Å². The summed E-state index contributed by atoms with van der Waals surface area (Å²) in [4.78, 5) is 1.76. The highest BCUT2D eigenvalue weighted by molar-refractivity contribution is 8.04. The van der Waals surface area contributed by atoms with Crippen LogP contribution < -0.4 is 5.32 Å². The highest BCUT2D eigenvalue weighted by atomic mass is 32.2. The maximum absolute atomic E-state index is 3.73. The number of hydrogen-bond acceptors (Lipinski definition) is 2. The minimum absolute atomic E-state index is 0.321. The Balaban J connectivity index is 2.01. The maximum Gasteiger partial charge on any atom is 0.0195 e. The van der Waals surface area contributed by atoms with E-state index in [2.05, 4.69) is 63.8 Å². The molecule has 2 aliphatic carbocycles. The number of hydrogen-bond donors (Lipinski definition) is 1. The first-order chi connectivity index (χ1) is 10.1. The van der Waals surface area contributed by atoms with Gasteiger partial charge in [-0.3, -0.25) is 0 Å². The lowest BCUT2D eigenvalue weighted by Gasteiger charge is -2.41. The number of thioether (sulfide) groups is 1. The van der Waals surface area contributed by atoms with Crippen LogP contribution in [0.4, 0.5) is 0 Å². The van der Waals surface area contributed by atoms with E-state index in [1.54, 1.807) is 4.91 Å². The van der Waals surface area contributed by atoms with Gasteiger partial charge < -0.3 is 5.32 Å². The van der Waals surface area contributed by atoms with Gasteiger partial charge in [0, 0.05) is 22.6 Å². The van der Waals surface area contributed by atoms with E-state index < -0.39 is 0 Å². The van der Waals surface area contributed by atoms with Crippen LogP contribution in [0.1, 0.15) is 53.9 Å². The quantitative estimate of drug-likeness (QED) is 0.733.